The molecule has 16 nitrogen and oxygen atoms in total. The van der Waals surface area contributed by atoms with Gasteiger partial charge in [-0.3, -0.25) is 43.5 Å². The first-order valence-corrected chi connectivity index (χ1v) is 14.0. The topological polar surface area (TPSA) is 232 Å². The fraction of sp³-hybridized carbons (Fsp3) is 0.769. The van der Waals surface area contributed by atoms with Gasteiger partial charge in [0.05, 0.1) is 45.4 Å². The van der Waals surface area contributed by atoms with Crippen LogP contribution in [0.25, 0.3) is 0 Å². The van der Waals surface area contributed by atoms with Gasteiger partial charge in [-0.15, -0.1) is 0 Å². The normalized spacial score (nSPS) is 12.1. The molecule has 0 radical (unpaired) electrons. The number of unbranched alkanes of at least 4 members (excludes halogenated alkanes) is 3. The Morgan fingerprint density at radius 2 is 1.31 bits per heavy atom. The zero-order valence-corrected chi connectivity index (χ0v) is 24.7. The number of aliphatic carboxylic acids is 3. The van der Waals surface area contributed by atoms with Gasteiger partial charge in [0.25, 0.3) is 5.91 Å². The van der Waals surface area contributed by atoms with Crippen LogP contribution in [-0.4, -0.2) is 144 Å². The number of nitrogens with zero attached hydrogens (tertiary/aromatic N) is 3. The number of hydrogen-bond acceptors (Lipinski definition) is 11. The molecular formula is C26H48N6O10. The van der Waals surface area contributed by atoms with Gasteiger partial charge in [-0.05, 0) is 25.2 Å². The highest BCUT2D eigenvalue weighted by Crippen LogP contribution is 2.03. The molecule has 0 fully saturated rings. The van der Waals surface area contributed by atoms with Crippen molar-refractivity contribution in [3.05, 3.63) is 0 Å². The van der Waals surface area contributed by atoms with E-state index in [-0.39, 0.29) is 57.6 Å². The van der Waals surface area contributed by atoms with Crippen molar-refractivity contribution in [2.75, 3.05) is 72.1 Å². The number of amides is 2. The van der Waals surface area contributed by atoms with Crippen LogP contribution in [0.3, 0.4) is 0 Å². The lowest BCUT2D eigenvalue weighted by atomic mass is 10.0. The number of rotatable bonds is 27. The Bertz CT molecular complexity index is 828. The lowest BCUT2D eigenvalue weighted by Crippen LogP contribution is -2.46. The summed E-state index contributed by atoms with van der Waals surface area (Å²) in [4.78, 5) is 78.0. The summed E-state index contributed by atoms with van der Waals surface area (Å²) in [6, 6.07) is -0.613. The van der Waals surface area contributed by atoms with Gasteiger partial charge < -0.3 is 31.2 Å². The number of carboxylic acid groups (broad SMARTS) is 3. The minimum atomic E-state index is -1.19. The quantitative estimate of drug-likeness (QED) is 0.0354. The van der Waals surface area contributed by atoms with Crippen LogP contribution >= 0.6 is 0 Å². The van der Waals surface area contributed by atoms with Crippen LogP contribution in [0.2, 0.25) is 0 Å². The van der Waals surface area contributed by atoms with Crippen molar-refractivity contribution >= 4 is 36.0 Å². The van der Waals surface area contributed by atoms with Gasteiger partial charge in [-0.1, -0.05) is 26.7 Å². The Balaban J connectivity index is 4.61. The monoisotopic (exact) mass is 604 g/mol. The third-order valence-electron chi connectivity index (χ3n) is 5.97. The van der Waals surface area contributed by atoms with E-state index in [1.54, 1.807) is 4.90 Å². The molecule has 0 aliphatic heterocycles. The molecule has 1 atom stereocenters. The molecule has 42 heavy (non-hydrogen) atoms. The zero-order chi connectivity index (χ0) is 31.9. The molecular weight excluding hydrogens is 556 g/mol. The molecule has 0 saturated carbocycles. The Morgan fingerprint density at radius 1 is 0.786 bits per heavy atom. The highest BCUT2D eigenvalue weighted by atomic mass is 16.6. The van der Waals surface area contributed by atoms with E-state index in [1.165, 1.54) is 9.80 Å². The SMILES string of the molecule is CC(C)C[C@@H](N)C(=O)NOCCCCCCNC(=O)CN(CCN(CC=O)CC(=O)O)CCN(CC(=O)O)CC(=O)O. The maximum absolute atomic E-state index is 12.6. The zero-order valence-electron chi connectivity index (χ0n) is 24.7. The molecule has 0 unspecified atom stereocenters. The molecule has 7 N–H and O–H groups in total. The van der Waals surface area contributed by atoms with E-state index in [0.29, 0.717) is 44.6 Å². The fourth-order valence-electron chi connectivity index (χ4n) is 3.92. The molecule has 242 valence electrons. The van der Waals surface area contributed by atoms with Crippen LogP contribution in [0.4, 0.5) is 0 Å². The number of hydrogen-bond donors (Lipinski definition) is 6. The molecule has 16 heteroatoms. The van der Waals surface area contributed by atoms with Crippen LogP contribution in [0.15, 0.2) is 0 Å². The van der Waals surface area contributed by atoms with E-state index in [9.17, 15) is 28.8 Å². The largest absolute Gasteiger partial charge is 0.480 e. The van der Waals surface area contributed by atoms with E-state index < -0.39 is 37.0 Å². The van der Waals surface area contributed by atoms with E-state index in [0.717, 1.165) is 12.8 Å². The van der Waals surface area contributed by atoms with E-state index in [4.69, 9.17) is 25.9 Å². The summed E-state index contributed by atoms with van der Waals surface area (Å²) >= 11 is 0. The highest BCUT2D eigenvalue weighted by molar-refractivity contribution is 5.80. The molecule has 0 aromatic rings. The molecule has 2 amide bonds. The first-order chi connectivity index (χ1) is 19.8. The van der Waals surface area contributed by atoms with Gasteiger partial charge in [-0.25, -0.2) is 5.48 Å². The average molecular weight is 605 g/mol. The number of carboxylic acids is 3. The second-order valence-corrected chi connectivity index (χ2v) is 10.4. The van der Waals surface area contributed by atoms with Gasteiger partial charge >= 0.3 is 17.9 Å². The highest BCUT2D eigenvalue weighted by Gasteiger charge is 2.19. The summed E-state index contributed by atoms with van der Waals surface area (Å²) in [5.41, 5.74) is 8.14. The van der Waals surface area contributed by atoms with Crippen molar-refractivity contribution in [1.82, 2.24) is 25.5 Å². The van der Waals surface area contributed by atoms with E-state index >= 15 is 0 Å². The van der Waals surface area contributed by atoms with Crippen molar-refractivity contribution in [2.24, 2.45) is 11.7 Å². The van der Waals surface area contributed by atoms with Crippen LogP contribution in [0.1, 0.15) is 46.0 Å². The van der Waals surface area contributed by atoms with E-state index in [1.807, 2.05) is 13.8 Å². The Labute approximate surface area is 246 Å². The van der Waals surface area contributed by atoms with Crippen molar-refractivity contribution in [3.63, 3.8) is 0 Å². The van der Waals surface area contributed by atoms with Crippen LogP contribution in [-0.2, 0) is 33.6 Å². The molecule has 0 aromatic heterocycles. The Hall–Kier alpha value is -3.18. The summed E-state index contributed by atoms with van der Waals surface area (Å²) in [6.45, 7) is 3.70. The van der Waals surface area contributed by atoms with Gasteiger partial charge in [0, 0.05) is 32.7 Å². The molecule has 0 aromatic carbocycles. The minimum absolute atomic E-state index is 0.0463. The Kier molecular flexibility index (Phi) is 21.6. The predicted octanol–water partition coefficient (Wildman–Crippen LogP) is -1.56. The lowest BCUT2D eigenvalue weighted by molar-refractivity contribution is -0.142. The molecule has 0 spiro atoms. The van der Waals surface area contributed by atoms with Crippen molar-refractivity contribution in [3.8, 4) is 0 Å². The number of aldehydes is 1. The average Bonchev–Trinajstić information content (AvgIpc) is 2.87. The summed E-state index contributed by atoms with van der Waals surface area (Å²) < 4.78 is 0. The Morgan fingerprint density at radius 3 is 1.86 bits per heavy atom. The van der Waals surface area contributed by atoms with E-state index in [2.05, 4.69) is 10.8 Å². The first kappa shape index (κ1) is 38.8. The maximum Gasteiger partial charge on any atom is 0.317 e. The molecule has 0 rings (SSSR count). The molecule has 0 bridgehead atoms. The van der Waals surface area contributed by atoms with Crippen molar-refractivity contribution in [1.29, 1.82) is 0 Å². The fourth-order valence-corrected chi connectivity index (χ4v) is 3.92. The standard InChI is InChI=1S/C26H48N6O10/c1-20(2)15-21(27)26(41)29-42-14-6-4-3-5-7-28-22(34)16-30(8-9-31(12-13-33)17-23(35)36)10-11-32(18-24(37)38)19-25(39)40/h13,20-21H,3-12,14-19,27H2,1-2H3,(H,28,34)(H,29,41)(H,35,36)(H,37,38)(H,39,40)/t21-/m1/s1. The second-order valence-electron chi connectivity index (χ2n) is 10.4. The second kappa shape index (κ2) is 23.4. The predicted molar refractivity (Wildman–Crippen MR) is 151 cm³/mol. The maximum atomic E-state index is 12.6. The van der Waals surface area contributed by atoms with Gasteiger partial charge in [0.15, 0.2) is 0 Å². The van der Waals surface area contributed by atoms with Gasteiger partial charge in [-0.2, -0.15) is 0 Å². The summed E-state index contributed by atoms with van der Waals surface area (Å²) in [7, 11) is 0. The minimum Gasteiger partial charge on any atom is -0.480 e. The van der Waals surface area contributed by atoms with Crippen molar-refractivity contribution in [2.45, 2.75) is 52.0 Å². The summed E-state index contributed by atoms with van der Waals surface area (Å²) in [6.07, 6.45) is 4.17. The van der Waals surface area contributed by atoms with Crippen LogP contribution in [0, 0.1) is 5.92 Å². The van der Waals surface area contributed by atoms with Crippen molar-refractivity contribution < 1.29 is 48.9 Å². The summed E-state index contributed by atoms with van der Waals surface area (Å²) in [5.74, 6) is -3.85. The first-order valence-electron chi connectivity index (χ1n) is 14.0. The third kappa shape index (κ3) is 22.5. The number of carbonyl (C=O) groups is 6. The molecule has 0 heterocycles. The molecule has 0 aliphatic rings. The number of hydroxylamine groups is 1. The third-order valence-corrected chi connectivity index (χ3v) is 5.97. The smallest absolute Gasteiger partial charge is 0.317 e. The molecule has 0 aliphatic carbocycles. The van der Waals surface area contributed by atoms with Crippen LogP contribution < -0.4 is 16.5 Å². The number of carbonyl (C=O) groups excluding carboxylic acids is 3. The number of nitrogens with two attached hydrogens (primary N) is 1. The van der Waals surface area contributed by atoms with Gasteiger partial charge in [0.1, 0.15) is 6.29 Å². The summed E-state index contributed by atoms with van der Waals surface area (Å²) in [5, 5.41) is 30.0. The van der Waals surface area contributed by atoms with Gasteiger partial charge in [0.2, 0.25) is 5.91 Å². The number of nitrogens with one attached hydrogen (secondary N) is 2. The lowest BCUT2D eigenvalue weighted by Gasteiger charge is -2.27. The molecule has 0 saturated heterocycles. The van der Waals surface area contributed by atoms with Crippen LogP contribution in [0.5, 0.6) is 0 Å².